The lowest BCUT2D eigenvalue weighted by atomic mass is 9.90. The van der Waals surface area contributed by atoms with Crippen LogP contribution in [0.5, 0.6) is 0 Å². The van der Waals surface area contributed by atoms with Gasteiger partial charge in [0, 0.05) is 51.4 Å². The number of hydrogen-bond acceptors (Lipinski definition) is 7. The zero-order valence-electron chi connectivity index (χ0n) is 18.1. The maximum absolute atomic E-state index is 12.6. The highest BCUT2D eigenvalue weighted by atomic mass is 32.2. The Bertz CT molecular complexity index is 904. The van der Waals surface area contributed by atoms with Crippen molar-refractivity contribution in [3.63, 3.8) is 0 Å². The summed E-state index contributed by atoms with van der Waals surface area (Å²) < 4.78 is 12.6. The molecule has 0 radical (unpaired) electrons. The third-order valence-electron chi connectivity index (χ3n) is 6.10. The first-order valence-corrected chi connectivity index (χ1v) is 12.3. The fourth-order valence-corrected chi connectivity index (χ4v) is 5.56. The van der Waals surface area contributed by atoms with Crippen molar-refractivity contribution in [3.05, 3.63) is 35.8 Å². The molecule has 0 aromatic carbocycles. The molecule has 4 rings (SSSR count). The summed E-state index contributed by atoms with van der Waals surface area (Å²) in [6, 6.07) is 4.24. The normalized spacial score (nSPS) is 19.7. The van der Waals surface area contributed by atoms with E-state index in [1.54, 1.807) is 7.05 Å². The third kappa shape index (κ3) is 5.10. The minimum Gasteiger partial charge on any atom is -0.611 e. The number of carbonyl (C=O) groups is 1. The van der Waals surface area contributed by atoms with Crippen LogP contribution < -0.4 is 15.5 Å². The van der Waals surface area contributed by atoms with Gasteiger partial charge in [0.15, 0.2) is 5.82 Å². The molecule has 2 atom stereocenters. The molecule has 1 fully saturated rings. The molecule has 2 N–H and O–H groups in total. The van der Waals surface area contributed by atoms with Gasteiger partial charge < -0.3 is 20.1 Å². The highest BCUT2D eigenvalue weighted by Crippen LogP contribution is 2.34. The van der Waals surface area contributed by atoms with Crippen molar-refractivity contribution in [1.82, 2.24) is 20.3 Å². The van der Waals surface area contributed by atoms with Gasteiger partial charge in [-0.15, -0.1) is 0 Å². The summed E-state index contributed by atoms with van der Waals surface area (Å²) in [4.78, 5) is 28.3. The quantitative estimate of drug-likeness (QED) is 0.634. The number of anilines is 2. The van der Waals surface area contributed by atoms with E-state index in [9.17, 15) is 9.35 Å². The average Bonchev–Trinajstić information content (AvgIpc) is 3.19. The predicted molar refractivity (Wildman–Crippen MR) is 122 cm³/mol. The molecular weight excluding hydrogens is 412 g/mol. The standard InChI is InChI=1S/C22H30N6O2S/c1-15(3-4-19(29)23-2)25-21-20-18(9-14-31(20)30)26-22(27-21)28-12-7-17(8-13-28)16-5-10-24-11-6-16/h5-6,10-11,15,17H,3-4,7-9,12-14H2,1-2H3,(H,23,29)(H,25,26,27)/t15-,31?/m1/s1. The minimum atomic E-state index is -1.08. The molecule has 2 aromatic rings. The Morgan fingerprint density at radius 1 is 1.29 bits per heavy atom. The van der Waals surface area contributed by atoms with E-state index in [-0.39, 0.29) is 11.9 Å². The molecule has 1 saturated heterocycles. The maximum atomic E-state index is 12.6. The van der Waals surface area contributed by atoms with Gasteiger partial charge in [-0.1, -0.05) is 0 Å². The number of carbonyl (C=O) groups excluding carboxylic acids is 1. The Morgan fingerprint density at radius 3 is 2.74 bits per heavy atom. The zero-order valence-corrected chi connectivity index (χ0v) is 19.0. The number of nitrogens with one attached hydrogen (secondary N) is 2. The lowest BCUT2D eigenvalue weighted by molar-refractivity contribution is -0.120. The number of aryl methyl sites for hydroxylation is 1. The van der Waals surface area contributed by atoms with Gasteiger partial charge in [-0.3, -0.25) is 9.78 Å². The van der Waals surface area contributed by atoms with Gasteiger partial charge in [0.05, 0.1) is 0 Å². The molecule has 0 aliphatic carbocycles. The van der Waals surface area contributed by atoms with Crippen molar-refractivity contribution >= 4 is 28.8 Å². The van der Waals surface area contributed by atoms with Crippen LogP contribution in [0.4, 0.5) is 11.8 Å². The van der Waals surface area contributed by atoms with Gasteiger partial charge in [0.1, 0.15) is 11.4 Å². The summed E-state index contributed by atoms with van der Waals surface area (Å²) >= 11 is -1.08. The fraction of sp³-hybridized carbons (Fsp3) is 0.545. The molecule has 9 heteroatoms. The van der Waals surface area contributed by atoms with Crippen LogP contribution in [-0.2, 0) is 22.4 Å². The molecule has 1 amide bonds. The second-order valence-corrected chi connectivity index (χ2v) is 9.75. The van der Waals surface area contributed by atoms with Gasteiger partial charge in [-0.2, -0.15) is 4.98 Å². The van der Waals surface area contributed by atoms with Crippen molar-refractivity contribution in [3.8, 4) is 0 Å². The van der Waals surface area contributed by atoms with E-state index in [2.05, 4.69) is 32.7 Å². The molecule has 0 bridgehead atoms. The van der Waals surface area contributed by atoms with Crippen LogP contribution in [0.3, 0.4) is 0 Å². The molecule has 2 aliphatic rings. The van der Waals surface area contributed by atoms with Crippen LogP contribution in [0.2, 0.25) is 0 Å². The number of amides is 1. The fourth-order valence-electron chi connectivity index (χ4n) is 4.25. The Morgan fingerprint density at radius 2 is 2.03 bits per heavy atom. The molecule has 4 heterocycles. The Labute approximate surface area is 186 Å². The number of fused-ring (bicyclic) bond motifs is 1. The molecule has 31 heavy (non-hydrogen) atoms. The largest absolute Gasteiger partial charge is 0.611 e. The lowest BCUT2D eigenvalue weighted by Gasteiger charge is -2.32. The minimum absolute atomic E-state index is 0.0166. The van der Waals surface area contributed by atoms with Crippen molar-refractivity contribution in [1.29, 1.82) is 0 Å². The highest BCUT2D eigenvalue weighted by molar-refractivity contribution is 7.91. The smallest absolute Gasteiger partial charge is 0.227 e. The first-order valence-electron chi connectivity index (χ1n) is 11.0. The summed E-state index contributed by atoms with van der Waals surface area (Å²) in [5, 5.41) is 6.06. The summed E-state index contributed by atoms with van der Waals surface area (Å²) in [6.45, 7) is 3.80. The Balaban J connectivity index is 1.48. The second kappa shape index (κ2) is 9.82. The van der Waals surface area contributed by atoms with Crippen LogP contribution in [0.15, 0.2) is 29.4 Å². The first kappa shape index (κ1) is 21.8. The van der Waals surface area contributed by atoms with Crippen LogP contribution in [0, 0.1) is 0 Å². The zero-order chi connectivity index (χ0) is 21.8. The predicted octanol–water partition coefficient (Wildman–Crippen LogP) is 2.25. The van der Waals surface area contributed by atoms with E-state index in [1.165, 1.54) is 5.56 Å². The molecule has 2 aromatic heterocycles. The van der Waals surface area contributed by atoms with Gasteiger partial charge in [0.25, 0.3) is 0 Å². The first-order chi connectivity index (χ1) is 15.0. The number of piperidine rings is 1. The SMILES string of the molecule is CNC(=O)CC[C@@H](C)Nc1nc(N2CCC(c3ccncc3)CC2)nc2c1[S+]([O-])CC2. The number of nitrogens with zero attached hydrogens (tertiary/aromatic N) is 4. The van der Waals surface area contributed by atoms with E-state index < -0.39 is 11.2 Å². The van der Waals surface area contributed by atoms with Crippen LogP contribution in [-0.4, -0.2) is 57.3 Å². The van der Waals surface area contributed by atoms with Crippen molar-refractivity contribution in [2.24, 2.45) is 0 Å². The molecule has 1 unspecified atom stereocenters. The maximum Gasteiger partial charge on any atom is 0.227 e. The van der Waals surface area contributed by atoms with E-state index in [4.69, 9.17) is 9.97 Å². The summed E-state index contributed by atoms with van der Waals surface area (Å²) in [5.74, 6) is 2.52. The average molecular weight is 443 g/mol. The number of pyridine rings is 1. The third-order valence-corrected chi connectivity index (χ3v) is 7.56. The van der Waals surface area contributed by atoms with Crippen LogP contribution >= 0.6 is 0 Å². The summed E-state index contributed by atoms with van der Waals surface area (Å²) in [6.07, 6.45) is 7.63. The van der Waals surface area contributed by atoms with E-state index >= 15 is 0 Å². The Kier molecular flexibility index (Phi) is 6.92. The van der Waals surface area contributed by atoms with Crippen LogP contribution in [0.25, 0.3) is 0 Å². The summed E-state index contributed by atoms with van der Waals surface area (Å²) in [7, 11) is 1.64. The molecule has 8 nitrogen and oxygen atoms in total. The number of rotatable bonds is 7. The molecule has 166 valence electrons. The molecule has 0 spiro atoms. The van der Waals surface area contributed by atoms with Gasteiger partial charge >= 0.3 is 0 Å². The topological polar surface area (TPSA) is 106 Å². The van der Waals surface area contributed by atoms with Crippen LogP contribution in [0.1, 0.15) is 49.8 Å². The van der Waals surface area contributed by atoms with Gasteiger partial charge in [-0.05, 0) is 61.0 Å². The van der Waals surface area contributed by atoms with E-state index in [0.29, 0.717) is 42.7 Å². The second-order valence-electron chi connectivity index (χ2n) is 8.25. The molecule has 2 aliphatic heterocycles. The molecule has 0 saturated carbocycles. The van der Waals surface area contributed by atoms with E-state index in [0.717, 1.165) is 36.5 Å². The lowest BCUT2D eigenvalue weighted by Crippen LogP contribution is -2.34. The van der Waals surface area contributed by atoms with Crippen molar-refractivity contribution in [2.75, 3.05) is 36.1 Å². The summed E-state index contributed by atoms with van der Waals surface area (Å²) in [5.41, 5.74) is 2.23. The van der Waals surface area contributed by atoms with Crippen molar-refractivity contribution in [2.45, 2.75) is 55.9 Å². The monoisotopic (exact) mass is 442 g/mol. The van der Waals surface area contributed by atoms with Gasteiger partial charge in [-0.25, -0.2) is 4.98 Å². The van der Waals surface area contributed by atoms with Gasteiger partial charge in [0.2, 0.25) is 16.8 Å². The number of hydrogen-bond donors (Lipinski definition) is 2. The molecular formula is C22H30N6O2S. The van der Waals surface area contributed by atoms with Crippen molar-refractivity contribution < 1.29 is 9.35 Å². The highest BCUT2D eigenvalue weighted by Gasteiger charge is 2.33. The van der Waals surface area contributed by atoms with E-state index in [1.807, 2.05) is 19.3 Å². The number of aromatic nitrogens is 3. The Hall–Kier alpha value is -2.39.